The van der Waals surface area contributed by atoms with Crippen molar-refractivity contribution >= 4 is 22.6 Å². The number of carbonyl (C=O) groups is 1. The molecule has 0 aliphatic carbocycles. The number of hydrogen-bond acceptors (Lipinski definition) is 1. The summed E-state index contributed by atoms with van der Waals surface area (Å²) in [5.41, 5.74) is 4.67. The van der Waals surface area contributed by atoms with Crippen LogP contribution >= 0.6 is 0 Å². The van der Waals surface area contributed by atoms with E-state index in [-0.39, 0.29) is 5.78 Å². The maximum Gasteiger partial charge on any atom is 0.185 e. The number of ketones is 1. The molecule has 0 aliphatic heterocycles. The standard InChI is InChI=1S/C33H34O/c34-33(32-23-22-30-20-12-13-21-31(30)26-32)25-24-29-19-11-10-18-28(29)17-9-4-2-1-3-6-14-27-15-7-5-8-16-27/h5,7-8,10-13,15-16,18-26H,1-4,6,9,14,17H2/b25-24+. The van der Waals surface area contributed by atoms with E-state index in [1.165, 1.54) is 56.1 Å². The number of carbonyl (C=O) groups excluding carboxylic acids is 1. The minimum Gasteiger partial charge on any atom is -0.289 e. The van der Waals surface area contributed by atoms with Crippen LogP contribution in [0.25, 0.3) is 16.8 Å². The normalized spacial score (nSPS) is 11.3. The number of hydrogen-bond donors (Lipinski definition) is 0. The first-order valence-corrected chi connectivity index (χ1v) is 12.6. The van der Waals surface area contributed by atoms with Gasteiger partial charge < -0.3 is 0 Å². The molecule has 34 heavy (non-hydrogen) atoms. The zero-order chi connectivity index (χ0) is 23.4. The van der Waals surface area contributed by atoms with Crippen molar-refractivity contribution in [1.82, 2.24) is 0 Å². The molecule has 4 rings (SSSR count). The third-order valence-corrected chi connectivity index (χ3v) is 6.51. The average molecular weight is 447 g/mol. The predicted molar refractivity (Wildman–Crippen MR) is 145 cm³/mol. The van der Waals surface area contributed by atoms with Gasteiger partial charge in [0.25, 0.3) is 0 Å². The Morgan fingerprint density at radius 1 is 0.588 bits per heavy atom. The first-order chi connectivity index (χ1) is 16.8. The Kier molecular flexibility index (Phi) is 8.85. The second-order valence-corrected chi connectivity index (χ2v) is 9.07. The number of unbranched alkanes of at least 4 members (excludes halogenated alkanes) is 5. The fraction of sp³-hybridized carbons (Fsp3) is 0.242. The van der Waals surface area contributed by atoms with Gasteiger partial charge in [-0.05, 0) is 65.3 Å². The maximum absolute atomic E-state index is 12.8. The molecule has 0 bridgehead atoms. The van der Waals surface area contributed by atoms with E-state index in [1.807, 2.05) is 36.4 Å². The van der Waals surface area contributed by atoms with E-state index in [1.54, 1.807) is 6.08 Å². The molecule has 0 spiro atoms. The lowest BCUT2D eigenvalue weighted by Crippen LogP contribution is -1.95. The molecule has 0 N–H and O–H groups in total. The van der Waals surface area contributed by atoms with Crippen LogP contribution in [0.4, 0.5) is 0 Å². The molecular weight excluding hydrogens is 412 g/mol. The van der Waals surface area contributed by atoms with Gasteiger partial charge in [0.2, 0.25) is 0 Å². The maximum atomic E-state index is 12.8. The molecule has 0 aromatic heterocycles. The van der Waals surface area contributed by atoms with E-state index < -0.39 is 0 Å². The number of allylic oxidation sites excluding steroid dienone is 1. The van der Waals surface area contributed by atoms with Crippen LogP contribution in [0, 0.1) is 0 Å². The van der Waals surface area contributed by atoms with Gasteiger partial charge in [0.05, 0.1) is 0 Å². The largest absolute Gasteiger partial charge is 0.289 e. The fourth-order valence-electron chi connectivity index (χ4n) is 4.53. The van der Waals surface area contributed by atoms with E-state index in [4.69, 9.17) is 0 Å². The zero-order valence-electron chi connectivity index (χ0n) is 20.0. The lowest BCUT2D eigenvalue weighted by atomic mass is 9.98. The van der Waals surface area contributed by atoms with Gasteiger partial charge >= 0.3 is 0 Å². The van der Waals surface area contributed by atoms with Crippen molar-refractivity contribution in [2.45, 2.75) is 51.4 Å². The van der Waals surface area contributed by atoms with Gasteiger partial charge in [0.1, 0.15) is 0 Å². The second kappa shape index (κ2) is 12.7. The second-order valence-electron chi connectivity index (χ2n) is 9.07. The van der Waals surface area contributed by atoms with Crippen molar-refractivity contribution in [3.63, 3.8) is 0 Å². The molecule has 1 nitrogen and oxygen atoms in total. The predicted octanol–water partition coefficient (Wildman–Crippen LogP) is 8.86. The SMILES string of the molecule is O=C(/C=C/c1ccccc1CCCCCCCCc1ccccc1)c1ccc2ccccc2c1. The minimum absolute atomic E-state index is 0.0519. The van der Waals surface area contributed by atoms with Gasteiger partial charge in [-0.25, -0.2) is 0 Å². The highest BCUT2D eigenvalue weighted by Crippen LogP contribution is 2.19. The van der Waals surface area contributed by atoms with E-state index in [9.17, 15) is 4.79 Å². The Labute approximate surface area is 204 Å². The molecule has 0 atom stereocenters. The summed E-state index contributed by atoms with van der Waals surface area (Å²) >= 11 is 0. The molecular formula is C33H34O. The number of fused-ring (bicyclic) bond motifs is 1. The van der Waals surface area contributed by atoms with E-state index in [0.29, 0.717) is 0 Å². The van der Waals surface area contributed by atoms with Crippen LogP contribution in [-0.4, -0.2) is 5.78 Å². The van der Waals surface area contributed by atoms with Gasteiger partial charge in [0.15, 0.2) is 5.78 Å². The van der Waals surface area contributed by atoms with Crippen molar-refractivity contribution in [2.24, 2.45) is 0 Å². The Morgan fingerprint density at radius 3 is 2.06 bits per heavy atom. The highest BCUT2D eigenvalue weighted by Gasteiger charge is 2.05. The van der Waals surface area contributed by atoms with Gasteiger partial charge in [-0.15, -0.1) is 0 Å². The average Bonchev–Trinajstić information content (AvgIpc) is 2.89. The van der Waals surface area contributed by atoms with Crippen LogP contribution in [-0.2, 0) is 12.8 Å². The summed E-state index contributed by atoms with van der Waals surface area (Å²) in [4.78, 5) is 12.8. The van der Waals surface area contributed by atoms with Crippen molar-refractivity contribution in [2.75, 3.05) is 0 Å². The van der Waals surface area contributed by atoms with Crippen LogP contribution in [0.2, 0.25) is 0 Å². The van der Waals surface area contributed by atoms with Crippen LogP contribution in [0.5, 0.6) is 0 Å². The molecule has 4 aromatic carbocycles. The van der Waals surface area contributed by atoms with Crippen molar-refractivity contribution in [1.29, 1.82) is 0 Å². The molecule has 0 fully saturated rings. The van der Waals surface area contributed by atoms with Gasteiger partial charge in [0, 0.05) is 5.56 Å². The Bertz CT molecular complexity index is 1220. The zero-order valence-corrected chi connectivity index (χ0v) is 20.0. The molecule has 0 saturated heterocycles. The summed E-state index contributed by atoms with van der Waals surface area (Å²) in [6, 6.07) is 33.3. The Balaban J connectivity index is 1.22. The summed E-state index contributed by atoms with van der Waals surface area (Å²) in [7, 11) is 0. The van der Waals surface area contributed by atoms with Crippen LogP contribution in [0.3, 0.4) is 0 Å². The molecule has 1 heteroatoms. The van der Waals surface area contributed by atoms with E-state index in [0.717, 1.165) is 28.3 Å². The summed E-state index contributed by atoms with van der Waals surface area (Å²) in [6.45, 7) is 0. The van der Waals surface area contributed by atoms with E-state index in [2.05, 4.69) is 66.7 Å². The molecule has 0 amide bonds. The van der Waals surface area contributed by atoms with Crippen LogP contribution in [0.15, 0.2) is 103 Å². The van der Waals surface area contributed by atoms with E-state index >= 15 is 0 Å². The first kappa shape index (κ1) is 23.7. The number of benzene rings is 4. The number of aryl methyl sites for hydroxylation is 2. The molecule has 0 radical (unpaired) electrons. The van der Waals surface area contributed by atoms with Crippen molar-refractivity contribution < 1.29 is 4.79 Å². The smallest absolute Gasteiger partial charge is 0.185 e. The Hall–Kier alpha value is -3.45. The summed E-state index contributed by atoms with van der Waals surface area (Å²) in [5, 5.41) is 2.26. The molecule has 0 heterocycles. The summed E-state index contributed by atoms with van der Waals surface area (Å²) in [6.07, 6.45) is 13.6. The lowest BCUT2D eigenvalue weighted by molar-refractivity contribution is 0.104. The van der Waals surface area contributed by atoms with Crippen LogP contribution in [0.1, 0.15) is 65.6 Å². The third-order valence-electron chi connectivity index (χ3n) is 6.51. The minimum atomic E-state index is 0.0519. The molecule has 172 valence electrons. The highest BCUT2D eigenvalue weighted by atomic mass is 16.1. The summed E-state index contributed by atoms with van der Waals surface area (Å²) < 4.78 is 0. The molecule has 0 aliphatic rings. The Morgan fingerprint density at radius 2 is 1.24 bits per heavy atom. The molecule has 0 unspecified atom stereocenters. The number of rotatable bonds is 12. The van der Waals surface area contributed by atoms with Gasteiger partial charge in [-0.1, -0.05) is 123 Å². The topological polar surface area (TPSA) is 17.1 Å². The third kappa shape index (κ3) is 7.02. The summed E-state index contributed by atoms with van der Waals surface area (Å²) in [5.74, 6) is 0.0519. The molecule has 4 aromatic rings. The highest BCUT2D eigenvalue weighted by molar-refractivity contribution is 6.08. The quantitative estimate of drug-likeness (QED) is 0.121. The molecule has 0 saturated carbocycles. The van der Waals surface area contributed by atoms with Gasteiger partial charge in [-0.3, -0.25) is 4.79 Å². The van der Waals surface area contributed by atoms with Crippen LogP contribution < -0.4 is 0 Å². The van der Waals surface area contributed by atoms with Crippen molar-refractivity contribution in [3.05, 3.63) is 125 Å². The lowest BCUT2D eigenvalue weighted by Gasteiger charge is -2.07. The fourth-order valence-corrected chi connectivity index (χ4v) is 4.53. The van der Waals surface area contributed by atoms with Crippen molar-refractivity contribution in [3.8, 4) is 0 Å². The first-order valence-electron chi connectivity index (χ1n) is 12.6. The monoisotopic (exact) mass is 446 g/mol. The van der Waals surface area contributed by atoms with Gasteiger partial charge in [-0.2, -0.15) is 0 Å².